The number of hydrogen-bond donors (Lipinski definition) is 1. The highest BCUT2D eigenvalue weighted by atomic mass is 32.1. The van der Waals surface area contributed by atoms with Crippen molar-refractivity contribution in [3.8, 4) is 10.7 Å². The van der Waals surface area contributed by atoms with Crippen LogP contribution in [0.5, 0.6) is 0 Å². The molecule has 1 aromatic carbocycles. The summed E-state index contributed by atoms with van der Waals surface area (Å²) >= 11 is 1.49. The SMILES string of the molecule is CCn1c(-c2nc(C(=O)NCc3cccnc3)cs2)cc2ccccc21. The van der Waals surface area contributed by atoms with Gasteiger partial charge in [0.15, 0.2) is 0 Å². The summed E-state index contributed by atoms with van der Waals surface area (Å²) in [5, 5.41) is 6.74. The summed E-state index contributed by atoms with van der Waals surface area (Å²) in [7, 11) is 0. The van der Waals surface area contributed by atoms with E-state index in [9.17, 15) is 4.79 Å². The molecule has 0 saturated carbocycles. The summed E-state index contributed by atoms with van der Waals surface area (Å²) in [5.74, 6) is -0.171. The van der Waals surface area contributed by atoms with E-state index in [-0.39, 0.29) is 5.91 Å². The van der Waals surface area contributed by atoms with Gasteiger partial charge in [-0.15, -0.1) is 11.3 Å². The molecule has 1 amide bonds. The van der Waals surface area contributed by atoms with Gasteiger partial charge < -0.3 is 9.88 Å². The van der Waals surface area contributed by atoms with Crippen LogP contribution in [-0.2, 0) is 13.1 Å². The van der Waals surface area contributed by atoms with E-state index in [0.29, 0.717) is 12.2 Å². The summed E-state index contributed by atoms with van der Waals surface area (Å²) in [4.78, 5) is 21.0. The minimum absolute atomic E-state index is 0.171. The van der Waals surface area contributed by atoms with Crippen LogP contribution in [0.2, 0.25) is 0 Å². The first-order valence-corrected chi connectivity index (χ1v) is 9.35. The third-order valence-electron chi connectivity index (χ3n) is 4.26. The van der Waals surface area contributed by atoms with E-state index < -0.39 is 0 Å². The zero-order valence-electron chi connectivity index (χ0n) is 14.3. The van der Waals surface area contributed by atoms with Crippen molar-refractivity contribution in [3.05, 3.63) is 71.5 Å². The molecule has 0 aliphatic rings. The summed E-state index contributed by atoms with van der Waals surface area (Å²) in [6.07, 6.45) is 3.46. The van der Waals surface area contributed by atoms with E-state index in [1.54, 1.807) is 12.4 Å². The predicted octanol–water partition coefficient (Wildman–Crippen LogP) is 4.11. The lowest BCUT2D eigenvalue weighted by Gasteiger charge is -2.05. The molecule has 130 valence electrons. The predicted molar refractivity (Wildman–Crippen MR) is 104 cm³/mol. The molecule has 0 bridgehead atoms. The van der Waals surface area contributed by atoms with Crippen molar-refractivity contribution in [2.45, 2.75) is 20.0 Å². The van der Waals surface area contributed by atoms with E-state index in [2.05, 4.69) is 45.0 Å². The Morgan fingerprint density at radius 2 is 2.12 bits per heavy atom. The fourth-order valence-corrected chi connectivity index (χ4v) is 3.82. The average molecular weight is 362 g/mol. The van der Waals surface area contributed by atoms with Crippen molar-refractivity contribution >= 4 is 28.1 Å². The molecular formula is C20H18N4OS. The number of carbonyl (C=O) groups excluding carboxylic acids is 1. The maximum atomic E-state index is 12.4. The molecule has 0 fully saturated rings. The van der Waals surface area contributed by atoms with Crippen LogP contribution in [0.3, 0.4) is 0 Å². The minimum Gasteiger partial charge on any atom is -0.347 e. The van der Waals surface area contributed by atoms with Gasteiger partial charge in [-0.25, -0.2) is 4.98 Å². The Labute approximate surface area is 155 Å². The van der Waals surface area contributed by atoms with Gasteiger partial charge in [0, 0.05) is 41.8 Å². The zero-order valence-corrected chi connectivity index (χ0v) is 15.2. The Morgan fingerprint density at radius 3 is 2.92 bits per heavy atom. The van der Waals surface area contributed by atoms with Crippen LogP contribution in [0.1, 0.15) is 23.0 Å². The normalized spacial score (nSPS) is 11.0. The number of aryl methyl sites for hydroxylation is 1. The number of nitrogens with zero attached hydrogens (tertiary/aromatic N) is 3. The van der Waals surface area contributed by atoms with Gasteiger partial charge >= 0.3 is 0 Å². The number of fused-ring (bicyclic) bond motifs is 1. The number of amides is 1. The third kappa shape index (κ3) is 3.11. The average Bonchev–Trinajstić information content (AvgIpc) is 3.31. The Bertz CT molecular complexity index is 1050. The second-order valence-electron chi connectivity index (χ2n) is 5.91. The first kappa shape index (κ1) is 16.5. The number of para-hydroxylation sites is 1. The lowest BCUT2D eigenvalue weighted by Crippen LogP contribution is -2.23. The lowest BCUT2D eigenvalue weighted by molar-refractivity contribution is 0.0946. The maximum absolute atomic E-state index is 12.4. The monoisotopic (exact) mass is 362 g/mol. The van der Waals surface area contributed by atoms with Crippen molar-refractivity contribution in [3.63, 3.8) is 0 Å². The van der Waals surface area contributed by atoms with E-state index in [0.717, 1.165) is 22.8 Å². The van der Waals surface area contributed by atoms with Crippen molar-refractivity contribution in [2.24, 2.45) is 0 Å². The molecule has 0 radical (unpaired) electrons. The molecule has 4 aromatic rings. The fourth-order valence-electron chi connectivity index (χ4n) is 3.00. The number of thiazole rings is 1. The number of hydrogen-bond acceptors (Lipinski definition) is 4. The lowest BCUT2D eigenvalue weighted by atomic mass is 10.2. The molecule has 0 atom stereocenters. The molecule has 0 aliphatic carbocycles. The Balaban J connectivity index is 1.57. The highest BCUT2D eigenvalue weighted by molar-refractivity contribution is 7.13. The van der Waals surface area contributed by atoms with E-state index in [1.165, 1.54) is 22.2 Å². The van der Waals surface area contributed by atoms with Gasteiger partial charge in [-0.3, -0.25) is 9.78 Å². The van der Waals surface area contributed by atoms with Crippen molar-refractivity contribution in [2.75, 3.05) is 0 Å². The van der Waals surface area contributed by atoms with Gasteiger partial charge in [-0.05, 0) is 30.7 Å². The zero-order chi connectivity index (χ0) is 17.9. The van der Waals surface area contributed by atoms with Crippen LogP contribution < -0.4 is 5.32 Å². The van der Waals surface area contributed by atoms with Gasteiger partial charge in [0.05, 0.1) is 5.69 Å². The van der Waals surface area contributed by atoms with E-state index in [4.69, 9.17) is 0 Å². The van der Waals surface area contributed by atoms with Gasteiger partial charge in [0.25, 0.3) is 5.91 Å². The molecule has 4 rings (SSSR count). The highest BCUT2D eigenvalue weighted by Crippen LogP contribution is 2.30. The van der Waals surface area contributed by atoms with Crippen LogP contribution >= 0.6 is 11.3 Å². The molecule has 0 unspecified atom stereocenters. The minimum atomic E-state index is -0.171. The topological polar surface area (TPSA) is 59.8 Å². The van der Waals surface area contributed by atoms with Crippen molar-refractivity contribution < 1.29 is 4.79 Å². The van der Waals surface area contributed by atoms with Crippen LogP contribution in [0.4, 0.5) is 0 Å². The number of benzene rings is 1. The standard InChI is InChI=1S/C20H18N4OS/c1-2-24-17-8-4-3-7-15(17)10-18(24)20-23-16(13-26-20)19(25)22-12-14-6-5-9-21-11-14/h3-11,13H,2,12H2,1H3,(H,22,25). The first-order valence-electron chi connectivity index (χ1n) is 8.47. The number of carbonyl (C=O) groups is 1. The second kappa shape index (κ2) is 7.09. The van der Waals surface area contributed by atoms with Crippen molar-refractivity contribution in [1.29, 1.82) is 0 Å². The first-order chi connectivity index (χ1) is 12.8. The molecule has 0 aliphatic heterocycles. The Morgan fingerprint density at radius 1 is 1.23 bits per heavy atom. The molecule has 3 aromatic heterocycles. The molecule has 0 spiro atoms. The molecular weight excluding hydrogens is 344 g/mol. The van der Waals surface area contributed by atoms with Crippen molar-refractivity contribution in [1.82, 2.24) is 19.9 Å². The second-order valence-corrected chi connectivity index (χ2v) is 6.77. The number of nitrogens with one attached hydrogen (secondary N) is 1. The summed E-state index contributed by atoms with van der Waals surface area (Å²) in [5.41, 5.74) is 3.64. The molecule has 5 nitrogen and oxygen atoms in total. The van der Waals surface area contributed by atoms with Crippen LogP contribution in [0.25, 0.3) is 21.6 Å². The summed E-state index contributed by atoms with van der Waals surface area (Å²) in [6, 6.07) is 14.2. The molecule has 6 heteroatoms. The third-order valence-corrected chi connectivity index (χ3v) is 5.12. The summed E-state index contributed by atoms with van der Waals surface area (Å²) < 4.78 is 2.23. The summed E-state index contributed by atoms with van der Waals surface area (Å²) in [6.45, 7) is 3.41. The largest absolute Gasteiger partial charge is 0.347 e. The Kier molecular flexibility index (Phi) is 4.50. The van der Waals surface area contributed by atoms with Gasteiger partial charge in [-0.1, -0.05) is 24.3 Å². The number of pyridine rings is 1. The molecule has 3 heterocycles. The van der Waals surface area contributed by atoms with Gasteiger partial charge in [0.2, 0.25) is 0 Å². The Hall–Kier alpha value is -2.99. The number of rotatable bonds is 5. The van der Waals surface area contributed by atoms with E-state index in [1.807, 2.05) is 29.6 Å². The van der Waals surface area contributed by atoms with Crippen LogP contribution in [-0.4, -0.2) is 20.4 Å². The highest BCUT2D eigenvalue weighted by Gasteiger charge is 2.15. The quantitative estimate of drug-likeness (QED) is 0.581. The molecule has 26 heavy (non-hydrogen) atoms. The molecule has 1 N–H and O–H groups in total. The van der Waals surface area contributed by atoms with Crippen LogP contribution in [0, 0.1) is 0 Å². The number of aromatic nitrogens is 3. The van der Waals surface area contributed by atoms with Gasteiger partial charge in [0.1, 0.15) is 10.7 Å². The fraction of sp³-hybridized carbons (Fsp3) is 0.150. The smallest absolute Gasteiger partial charge is 0.271 e. The van der Waals surface area contributed by atoms with Crippen LogP contribution in [0.15, 0.2) is 60.2 Å². The maximum Gasteiger partial charge on any atom is 0.271 e. The van der Waals surface area contributed by atoms with Gasteiger partial charge in [-0.2, -0.15) is 0 Å². The molecule has 0 saturated heterocycles. The van der Waals surface area contributed by atoms with E-state index >= 15 is 0 Å².